The molecule has 0 unspecified atom stereocenters. The van der Waals surface area contributed by atoms with Gasteiger partial charge in [-0.2, -0.15) is 0 Å². The van der Waals surface area contributed by atoms with Crippen LogP contribution in [-0.4, -0.2) is 63.9 Å². The fourth-order valence-corrected chi connectivity index (χ4v) is 6.58. The number of aliphatic imine (C=N–C) groups is 1. The number of pyridine rings is 2. The molecule has 0 radical (unpaired) electrons. The Bertz CT molecular complexity index is 1910. The first kappa shape index (κ1) is 34.5. The number of carboxylic acid groups (broad SMARTS) is 1. The first-order chi connectivity index (χ1) is 22.6. The van der Waals surface area contributed by atoms with Crippen molar-refractivity contribution in [3.63, 3.8) is 0 Å². The number of fused-ring (bicyclic) bond motifs is 5. The summed E-state index contributed by atoms with van der Waals surface area (Å²) in [5.41, 5.74) is 7.75. The van der Waals surface area contributed by atoms with Crippen LogP contribution in [0, 0.1) is 0 Å². The molecular formula is C33H37ClN6O8. The van der Waals surface area contributed by atoms with E-state index in [4.69, 9.17) is 20.2 Å². The molecule has 14 nitrogen and oxygen atoms in total. The number of benzene rings is 1. The van der Waals surface area contributed by atoms with E-state index >= 15 is 0 Å². The lowest BCUT2D eigenvalue weighted by atomic mass is 9.85. The van der Waals surface area contributed by atoms with Gasteiger partial charge in [-0.1, -0.05) is 32.8 Å². The van der Waals surface area contributed by atoms with E-state index in [1.54, 1.807) is 17.6 Å². The Kier molecular flexibility index (Phi) is 9.87. The molecule has 2 atom stereocenters. The van der Waals surface area contributed by atoms with Crippen LogP contribution >= 0.6 is 12.4 Å². The largest absolute Gasteiger partial charge is 0.480 e. The number of cyclic esters (lactones) is 1. The van der Waals surface area contributed by atoms with E-state index in [1.165, 1.54) is 0 Å². The van der Waals surface area contributed by atoms with Crippen LogP contribution in [0.15, 0.2) is 34.1 Å². The number of halogens is 1. The number of rotatable bonds is 12. The number of aliphatic carboxylic acids is 1. The van der Waals surface area contributed by atoms with Crippen LogP contribution in [-0.2, 0) is 47.4 Å². The molecule has 2 aromatic heterocycles. The van der Waals surface area contributed by atoms with Crippen molar-refractivity contribution < 1.29 is 33.8 Å². The number of nitrogens with zero attached hydrogens (tertiary/aromatic N) is 4. The van der Waals surface area contributed by atoms with Crippen molar-refractivity contribution in [3.05, 3.63) is 51.3 Å². The Morgan fingerprint density at radius 3 is 2.69 bits per heavy atom. The monoisotopic (exact) mass is 680 g/mol. The van der Waals surface area contributed by atoms with Crippen molar-refractivity contribution in [3.8, 4) is 11.4 Å². The number of aromatic nitrogens is 2. The summed E-state index contributed by atoms with van der Waals surface area (Å²) in [7, 11) is 0. The van der Waals surface area contributed by atoms with Crippen LogP contribution < -0.4 is 21.5 Å². The van der Waals surface area contributed by atoms with Gasteiger partial charge < -0.3 is 35.1 Å². The van der Waals surface area contributed by atoms with Crippen LogP contribution in [0.2, 0.25) is 0 Å². The van der Waals surface area contributed by atoms with Gasteiger partial charge in [0.1, 0.15) is 12.6 Å². The van der Waals surface area contributed by atoms with Crippen LogP contribution in [0.1, 0.15) is 69.1 Å². The number of hydrogen-bond donors (Lipinski definition) is 3. The van der Waals surface area contributed by atoms with E-state index < -0.39 is 48.4 Å². The maximum Gasteiger partial charge on any atom is 0.355 e. The van der Waals surface area contributed by atoms with Crippen molar-refractivity contribution >= 4 is 64.8 Å². The second-order valence-corrected chi connectivity index (χ2v) is 11.8. The number of carbonyl (C=O) groups excluding carboxylic acids is 3. The zero-order chi connectivity index (χ0) is 33.5. The smallest absolute Gasteiger partial charge is 0.355 e. The van der Waals surface area contributed by atoms with Crippen molar-refractivity contribution in [2.24, 2.45) is 10.7 Å². The number of anilines is 1. The summed E-state index contributed by atoms with van der Waals surface area (Å²) in [6, 6.07) is 6.02. The fraction of sp³-hybridized carbons (Fsp3) is 0.424. The molecule has 6 rings (SSSR count). The van der Waals surface area contributed by atoms with E-state index in [9.17, 15) is 29.1 Å². The lowest BCUT2D eigenvalue weighted by molar-refractivity contribution is -0.189. The number of nitrogens with one attached hydrogen (secondary N) is 1. The van der Waals surface area contributed by atoms with Crippen molar-refractivity contribution in [2.75, 3.05) is 18.0 Å². The topological polar surface area (TPSA) is 196 Å². The molecule has 15 heteroatoms. The van der Waals surface area contributed by atoms with Crippen molar-refractivity contribution in [2.45, 2.75) is 77.2 Å². The Hall–Kier alpha value is -4.82. The normalized spacial score (nSPS) is 17.5. The molecule has 1 amide bonds. The van der Waals surface area contributed by atoms with Gasteiger partial charge >= 0.3 is 17.9 Å². The number of esters is 2. The van der Waals surface area contributed by atoms with Crippen molar-refractivity contribution in [1.29, 1.82) is 0 Å². The third-order valence-corrected chi connectivity index (χ3v) is 9.00. The molecule has 3 aliphatic rings. The van der Waals surface area contributed by atoms with Gasteiger partial charge in [0, 0.05) is 24.1 Å². The van der Waals surface area contributed by atoms with Gasteiger partial charge in [0.05, 0.1) is 58.7 Å². The van der Waals surface area contributed by atoms with E-state index in [2.05, 4.69) is 22.1 Å². The lowest BCUT2D eigenvalue weighted by Crippen LogP contribution is -2.48. The third-order valence-electron chi connectivity index (χ3n) is 9.00. The van der Waals surface area contributed by atoms with Crippen LogP contribution in [0.4, 0.5) is 11.4 Å². The number of carbonyl (C=O) groups is 4. The molecular weight excluding hydrogens is 644 g/mol. The molecule has 0 fully saturated rings. The first-order valence-corrected chi connectivity index (χ1v) is 15.8. The molecule has 0 aliphatic carbocycles. The SMILES string of the molecule is CCCCCN1C=Nc2cccc3nc4c(c1c23)Cn1c-4cc2c(c1=O)COC(=O)[C@@]2(CC)OC(=O)CC[C@H](NC(=O)CN)C(=O)O.Cl. The van der Waals surface area contributed by atoms with Gasteiger partial charge in [0.2, 0.25) is 11.5 Å². The highest BCUT2D eigenvalue weighted by atomic mass is 35.5. The highest BCUT2D eigenvalue weighted by molar-refractivity contribution is 6.11. The number of hydrogen-bond acceptors (Lipinski definition) is 11. The predicted octanol–water partition coefficient (Wildman–Crippen LogP) is 3.03. The van der Waals surface area contributed by atoms with Gasteiger partial charge in [-0.15, -0.1) is 12.4 Å². The first-order valence-electron chi connectivity index (χ1n) is 15.8. The van der Waals surface area contributed by atoms with Crippen LogP contribution in [0.25, 0.3) is 22.3 Å². The number of nitrogens with two attached hydrogens (primary N) is 1. The predicted molar refractivity (Wildman–Crippen MR) is 179 cm³/mol. The lowest BCUT2D eigenvalue weighted by Gasteiger charge is -2.35. The minimum atomic E-state index is -1.95. The molecule has 254 valence electrons. The van der Waals surface area contributed by atoms with Gasteiger partial charge in [0.25, 0.3) is 5.56 Å². The number of unbranched alkanes of at least 4 members (excludes halogenated alkanes) is 2. The number of carboxylic acids is 1. The van der Waals surface area contributed by atoms with Gasteiger partial charge in [-0.3, -0.25) is 14.4 Å². The summed E-state index contributed by atoms with van der Waals surface area (Å²) in [5, 5.41) is 12.6. The molecule has 0 spiro atoms. The summed E-state index contributed by atoms with van der Waals surface area (Å²) in [6.45, 7) is 4.06. The van der Waals surface area contributed by atoms with Crippen molar-refractivity contribution in [1.82, 2.24) is 14.9 Å². The van der Waals surface area contributed by atoms with E-state index in [0.29, 0.717) is 11.4 Å². The number of ether oxygens (including phenoxy) is 2. The Balaban J connectivity index is 0.00000451. The molecule has 48 heavy (non-hydrogen) atoms. The van der Waals surface area contributed by atoms with E-state index in [1.807, 2.05) is 24.5 Å². The minimum absolute atomic E-state index is 0. The Morgan fingerprint density at radius 1 is 1.19 bits per heavy atom. The standard InChI is InChI=1S/C33H36N6O8.ClH/c1-3-5-6-12-38-17-35-21-8-7-9-22-27(21)29(38)18-15-39-24(28(18)37-22)13-20-19(30(39)42)16-46-32(45)33(20,4-2)47-26(41)11-10-23(31(43)44)36-25(40)14-34;/h7-9,13,17,23H,3-6,10-12,14-16,34H2,1-2H3,(H,36,40)(H,43,44);1H/t23-,33-;/m0./s1. The van der Waals surface area contributed by atoms with E-state index in [0.717, 1.165) is 53.6 Å². The quantitative estimate of drug-likeness (QED) is 0.147. The Labute approximate surface area is 281 Å². The molecule has 0 saturated carbocycles. The zero-order valence-electron chi connectivity index (χ0n) is 26.6. The summed E-state index contributed by atoms with van der Waals surface area (Å²) in [4.78, 5) is 75.8. The highest BCUT2D eigenvalue weighted by Crippen LogP contribution is 2.47. The third kappa shape index (κ3) is 5.79. The second kappa shape index (κ2) is 13.7. The average molecular weight is 681 g/mol. The number of amides is 1. The maximum atomic E-state index is 14.1. The minimum Gasteiger partial charge on any atom is -0.480 e. The summed E-state index contributed by atoms with van der Waals surface area (Å²) >= 11 is 0. The Morgan fingerprint density at radius 2 is 1.98 bits per heavy atom. The molecule has 3 aromatic rings. The van der Waals surface area contributed by atoms with E-state index in [-0.39, 0.29) is 55.1 Å². The second-order valence-electron chi connectivity index (χ2n) is 11.8. The maximum absolute atomic E-state index is 14.1. The molecule has 0 saturated heterocycles. The molecule has 3 aliphatic heterocycles. The van der Waals surface area contributed by atoms with Crippen LogP contribution in [0.3, 0.4) is 0 Å². The average Bonchev–Trinajstić information content (AvgIpc) is 3.43. The molecule has 0 bridgehead atoms. The van der Waals surface area contributed by atoms with Gasteiger partial charge in [-0.25, -0.2) is 19.6 Å². The van der Waals surface area contributed by atoms with Gasteiger partial charge in [-0.05, 0) is 37.5 Å². The highest BCUT2D eigenvalue weighted by Gasteiger charge is 2.50. The summed E-state index contributed by atoms with van der Waals surface area (Å²) in [6.07, 6.45) is 4.12. The molecule has 5 heterocycles. The fourth-order valence-electron chi connectivity index (χ4n) is 6.58. The summed E-state index contributed by atoms with van der Waals surface area (Å²) in [5.74, 6) is -3.78. The zero-order valence-corrected chi connectivity index (χ0v) is 27.4. The summed E-state index contributed by atoms with van der Waals surface area (Å²) < 4.78 is 12.8. The molecule has 4 N–H and O–H groups in total. The van der Waals surface area contributed by atoms with Crippen LogP contribution in [0.5, 0.6) is 0 Å². The van der Waals surface area contributed by atoms with Gasteiger partial charge in [0.15, 0.2) is 0 Å². The molecule has 1 aromatic carbocycles.